The Bertz CT molecular complexity index is 1250. The van der Waals surface area contributed by atoms with Crippen LogP contribution in [-0.2, 0) is 11.3 Å². The summed E-state index contributed by atoms with van der Waals surface area (Å²) in [6.07, 6.45) is -1.44. The molecule has 4 rings (SSSR count). The van der Waals surface area contributed by atoms with Gasteiger partial charge in [-0.2, -0.15) is 0 Å². The van der Waals surface area contributed by atoms with Crippen molar-refractivity contribution in [2.45, 2.75) is 78.7 Å². The first-order valence-corrected chi connectivity index (χ1v) is 13.5. The quantitative estimate of drug-likeness (QED) is 0.227. The number of aromatic nitrogens is 1. The van der Waals surface area contributed by atoms with E-state index in [1.165, 1.54) is 18.6 Å². The fourth-order valence-electron chi connectivity index (χ4n) is 3.72. The van der Waals surface area contributed by atoms with Crippen LogP contribution in [-0.4, -0.2) is 59.9 Å². The van der Waals surface area contributed by atoms with Crippen LogP contribution >= 0.6 is 0 Å². The fourth-order valence-corrected chi connectivity index (χ4v) is 3.72. The number of aromatic amines is 1. The molecule has 4 N–H and O–H groups in total. The van der Waals surface area contributed by atoms with Crippen LogP contribution in [0.15, 0.2) is 40.2 Å². The summed E-state index contributed by atoms with van der Waals surface area (Å²) in [5, 5.41) is 2.62. The van der Waals surface area contributed by atoms with Crippen LogP contribution in [0.2, 0.25) is 0 Å². The number of fused-ring (bicyclic) bond motifs is 1. The molecule has 242 valence electrons. The summed E-state index contributed by atoms with van der Waals surface area (Å²) < 4.78 is 80.9. The first kappa shape index (κ1) is 37.4. The number of H-pyrrole nitrogens is 1. The number of likely N-dealkylation sites (tertiary alicyclic amines) is 1. The van der Waals surface area contributed by atoms with E-state index in [-0.39, 0.29) is 54.7 Å². The highest BCUT2D eigenvalue weighted by molar-refractivity contribution is 6.00. The summed E-state index contributed by atoms with van der Waals surface area (Å²) in [6.45, 7) is 7.91. The summed E-state index contributed by atoms with van der Waals surface area (Å²) in [5.74, 6) is -3.04. The smallest absolute Gasteiger partial charge is 0.395 e. The van der Waals surface area contributed by atoms with Crippen molar-refractivity contribution >= 4 is 17.4 Å². The largest absolute Gasteiger partial charge is 0.586 e. The fraction of sp³-hybridized carbons (Fsp3) is 0.536. The SMILES string of the molecule is CC(=Nc1cc2c(cc1C)OC(F)(F)O2)NC(=O)C(C)N1CCC(F)(F)CC1.CCC.FCF.NCc1ccc[nH]c1=O. The minimum absolute atomic E-state index is 0.0846. The highest BCUT2D eigenvalue weighted by atomic mass is 19.3. The predicted molar refractivity (Wildman–Crippen MR) is 152 cm³/mol. The average Bonchev–Trinajstić information content (AvgIpc) is 3.22. The Morgan fingerprint density at radius 1 is 1.14 bits per heavy atom. The molecule has 2 aromatic rings. The Balaban J connectivity index is 0.000000508. The Hall–Kier alpha value is -3.59. The van der Waals surface area contributed by atoms with Crippen LogP contribution in [0.4, 0.5) is 32.0 Å². The molecule has 1 aromatic heterocycles. The van der Waals surface area contributed by atoms with E-state index in [2.05, 4.69) is 38.6 Å². The lowest BCUT2D eigenvalue weighted by molar-refractivity contribution is -0.286. The first-order chi connectivity index (χ1) is 20.1. The van der Waals surface area contributed by atoms with Crippen molar-refractivity contribution in [3.63, 3.8) is 0 Å². The molecule has 0 aliphatic carbocycles. The number of hydrogen-bond donors (Lipinski definition) is 3. The maximum atomic E-state index is 13.3. The van der Waals surface area contributed by atoms with Gasteiger partial charge in [-0.1, -0.05) is 26.3 Å². The lowest BCUT2D eigenvalue weighted by atomic mass is 10.0. The van der Waals surface area contributed by atoms with Crippen LogP contribution in [0.5, 0.6) is 11.5 Å². The molecule has 2 aliphatic heterocycles. The van der Waals surface area contributed by atoms with E-state index in [4.69, 9.17) is 5.73 Å². The number of nitrogens with one attached hydrogen (secondary N) is 2. The third-order valence-electron chi connectivity index (χ3n) is 5.89. The number of nitrogens with two attached hydrogens (primary N) is 1. The van der Waals surface area contributed by atoms with E-state index in [1.807, 2.05) is 0 Å². The second-order valence-corrected chi connectivity index (χ2v) is 9.54. The highest BCUT2D eigenvalue weighted by Gasteiger charge is 2.43. The van der Waals surface area contributed by atoms with Crippen molar-refractivity contribution in [3.05, 3.63) is 51.9 Å². The zero-order chi connectivity index (χ0) is 32.8. The van der Waals surface area contributed by atoms with Crippen molar-refractivity contribution < 1.29 is 40.6 Å². The summed E-state index contributed by atoms with van der Waals surface area (Å²) in [6, 6.07) is 5.54. The van der Waals surface area contributed by atoms with Gasteiger partial charge in [0.15, 0.2) is 11.5 Å². The first-order valence-electron chi connectivity index (χ1n) is 13.5. The number of ether oxygens (including phenoxy) is 2. The lowest BCUT2D eigenvalue weighted by Gasteiger charge is -2.35. The van der Waals surface area contributed by atoms with Gasteiger partial charge in [-0.05, 0) is 38.5 Å². The van der Waals surface area contributed by atoms with Gasteiger partial charge in [0.05, 0.1) is 11.7 Å². The molecule has 0 bridgehead atoms. The van der Waals surface area contributed by atoms with E-state index >= 15 is 0 Å². The molecule has 2 aliphatic rings. The number of nitrogens with zero attached hydrogens (tertiary/aromatic N) is 2. The molecule has 43 heavy (non-hydrogen) atoms. The Morgan fingerprint density at radius 2 is 1.67 bits per heavy atom. The van der Waals surface area contributed by atoms with Crippen LogP contribution in [0.25, 0.3) is 0 Å². The third-order valence-corrected chi connectivity index (χ3v) is 5.89. The Kier molecular flexibility index (Phi) is 15.2. The predicted octanol–water partition coefficient (Wildman–Crippen LogP) is 5.74. The van der Waals surface area contributed by atoms with Gasteiger partial charge in [0.25, 0.3) is 11.5 Å². The van der Waals surface area contributed by atoms with E-state index < -0.39 is 25.2 Å². The number of alkyl halides is 6. The molecule has 1 atom stereocenters. The average molecular weight is 624 g/mol. The zero-order valence-electron chi connectivity index (χ0n) is 24.8. The van der Waals surface area contributed by atoms with Gasteiger partial charge in [-0.3, -0.25) is 14.5 Å². The molecule has 1 amide bonds. The van der Waals surface area contributed by atoms with Gasteiger partial charge in [-0.25, -0.2) is 22.6 Å². The van der Waals surface area contributed by atoms with Crippen LogP contribution in [0.1, 0.15) is 58.1 Å². The number of aryl methyl sites for hydroxylation is 1. The summed E-state index contributed by atoms with van der Waals surface area (Å²) in [7, 11) is 0. The van der Waals surface area contributed by atoms with Gasteiger partial charge >= 0.3 is 6.29 Å². The number of amides is 1. The van der Waals surface area contributed by atoms with Crippen LogP contribution in [0, 0.1) is 6.92 Å². The molecular weight excluding hydrogens is 584 g/mol. The molecule has 0 saturated carbocycles. The number of amidine groups is 1. The third kappa shape index (κ3) is 12.7. The summed E-state index contributed by atoms with van der Waals surface area (Å²) in [4.78, 5) is 31.6. The maximum absolute atomic E-state index is 13.3. The molecule has 1 saturated heterocycles. The number of hydrogen-bond acceptors (Lipinski definition) is 7. The summed E-state index contributed by atoms with van der Waals surface area (Å²) >= 11 is 0. The van der Waals surface area contributed by atoms with Crippen molar-refractivity contribution in [1.29, 1.82) is 0 Å². The summed E-state index contributed by atoms with van der Waals surface area (Å²) in [5.41, 5.74) is 6.65. The number of halogens is 6. The molecule has 15 heteroatoms. The van der Waals surface area contributed by atoms with E-state index in [9.17, 15) is 35.9 Å². The van der Waals surface area contributed by atoms with Crippen molar-refractivity contribution in [1.82, 2.24) is 15.2 Å². The second-order valence-electron chi connectivity index (χ2n) is 9.54. The normalized spacial score (nSPS) is 17.2. The van der Waals surface area contributed by atoms with Crippen molar-refractivity contribution in [2.24, 2.45) is 10.7 Å². The number of carbonyl (C=O) groups is 1. The maximum Gasteiger partial charge on any atom is 0.586 e. The molecule has 3 heterocycles. The van der Waals surface area contributed by atoms with Crippen LogP contribution < -0.4 is 26.1 Å². The van der Waals surface area contributed by atoms with E-state index in [0.29, 0.717) is 23.4 Å². The Morgan fingerprint density at radius 3 is 2.16 bits per heavy atom. The monoisotopic (exact) mass is 623 g/mol. The molecule has 1 aromatic carbocycles. The molecule has 9 nitrogen and oxygen atoms in total. The number of aliphatic imine (C=N–C) groups is 1. The highest BCUT2D eigenvalue weighted by Crippen LogP contribution is 2.44. The van der Waals surface area contributed by atoms with E-state index in [0.717, 1.165) is 0 Å². The minimum atomic E-state index is -3.72. The number of rotatable bonds is 4. The van der Waals surface area contributed by atoms with E-state index in [1.54, 1.807) is 44.0 Å². The number of pyridine rings is 1. The van der Waals surface area contributed by atoms with Gasteiger partial charge in [0, 0.05) is 50.3 Å². The molecular formula is C28H39F6N5O4. The van der Waals surface area contributed by atoms with Crippen molar-refractivity contribution in [3.8, 4) is 11.5 Å². The standard InChI is InChI=1S/C18H21F4N3O3.C6H8N2O.C3H8.CH2F2/c1-10-8-14-15(28-18(21,22)27-14)9-13(10)23-12(3)24-16(26)11(2)25-6-4-17(19,20)5-7-25;7-4-5-2-1-3-8-6(5)9;1-3-2;2-1-3/h8-9,11H,4-7H2,1-3H3,(H,23,24,26);1-3H,4,7H2,(H,8,9);3H2,1-2H3;1H2. The zero-order valence-corrected chi connectivity index (χ0v) is 24.8. The molecule has 1 unspecified atom stereocenters. The number of carbonyl (C=O) groups excluding carboxylic acids is 1. The number of benzene rings is 1. The Labute approximate surface area is 246 Å². The number of piperidine rings is 1. The minimum Gasteiger partial charge on any atom is -0.395 e. The topological polar surface area (TPSA) is 122 Å². The molecule has 0 radical (unpaired) electrons. The molecule has 1 fully saturated rings. The van der Waals surface area contributed by atoms with Gasteiger partial charge in [-0.15, -0.1) is 8.78 Å². The van der Waals surface area contributed by atoms with Crippen molar-refractivity contribution in [2.75, 3.05) is 20.0 Å². The lowest BCUT2D eigenvalue weighted by Crippen LogP contribution is -2.51. The van der Waals surface area contributed by atoms with Gasteiger partial charge in [0.1, 0.15) is 5.84 Å². The van der Waals surface area contributed by atoms with Gasteiger partial charge in [0.2, 0.25) is 12.8 Å². The molecule has 0 spiro atoms. The second kappa shape index (κ2) is 17.5. The van der Waals surface area contributed by atoms with Crippen LogP contribution in [0.3, 0.4) is 0 Å². The van der Waals surface area contributed by atoms with Gasteiger partial charge < -0.3 is 25.5 Å².